The minimum atomic E-state index is -4.00. The van der Waals surface area contributed by atoms with Gasteiger partial charge < -0.3 is 10.6 Å². The summed E-state index contributed by atoms with van der Waals surface area (Å²) in [6.45, 7) is 4.95. The highest BCUT2D eigenvalue weighted by Gasteiger charge is 2.20. The standard InChI is InChI=1S/C26H30N4O3S/c1-18(2)16-30(17-20-7-6-10-22(13-20)26(27)28)25(31)15-19-11-12-23(21-8-4-3-5-9-21)24(14-19)34(29,32)33/h3-14,18H,15-17H2,1-2H3,(H3,27,28)(H2,29,32,33). The van der Waals surface area contributed by atoms with Crippen LogP contribution in [-0.4, -0.2) is 31.6 Å². The second-order valence-electron chi connectivity index (χ2n) is 8.70. The Morgan fingerprint density at radius 3 is 2.29 bits per heavy atom. The molecule has 0 aliphatic rings. The van der Waals surface area contributed by atoms with E-state index in [0.717, 1.165) is 11.1 Å². The summed E-state index contributed by atoms with van der Waals surface area (Å²) in [5.41, 5.74) is 8.87. The molecule has 0 heterocycles. The van der Waals surface area contributed by atoms with Gasteiger partial charge in [-0.25, -0.2) is 13.6 Å². The maximum absolute atomic E-state index is 13.3. The van der Waals surface area contributed by atoms with Crippen molar-refractivity contribution in [2.45, 2.75) is 31.7 Å². The van der Waals surface area contributed by atoms with Crippen molar-refractivity contribution in [2.24, 2.45) is 16.8 Å². The Labute approximate surface area is 201 Å². The summed E-state index contributed by atoms with van der Waals surface area (Å²) in [4.78, 5) is 15.0. The number of sulfonamides is 1. The van der Waals surface area contributed by atoms with Crippen molar-refractivity contribution < 1.29 is 13.2 Å². The van der Waals surface area contributed by atoms with Gasteiger partial charge in [0.05, 0.1) is 11.3 Å². The highest BCUT2D eigenvalue weighted by molar-refractivity contribution is 7.89. The predicted molar refractivity (Wildman–Crippen MR) is 135 cm³/mol. The number of carbonyl (C=O) groups is 1. The van der Waals surface area contributed by atoms with E-state index in [1.807, 2.05) is 56.3 Å². The minimum absolute atomic E-state index is 0.00595. The van der Waals surface area contributed by atoms with Crippen molar-refractivity contribution in [3.05, 3.63) is 89.5 Å². The fraction of sp³-hybridized carbons (Fsp3) is 0.231. The highest BCUT2D eigenvalue weighted by atomic mass is 32.2. The zero-order chi connectivity index (χ0) is 24.9. The van der Waals surface area contributed by atoms with Crippen LogP contribution >= 0.6 is 0 Å². The fourth-order valence-corrected chi connectivity index (χ4v) is 4.62. The second-order valence-corrected chi connectivity index (χ2v) is 10.2. The van der Waals surface area contributed by atoms with Gasteiger partial charge in [-0.15, -0.1) is 0 Å². The van der Waals surface area contributed by atoms with Gasteiger partial charge in [0, 0.05) is 24.2 Å². The number of amides is 1. The van der Waals surface area contributed by atoms with Crippen molar-refractivity contribution in [3.63, 3.8) is 0 Å². The van der Waals surface area contributed by atoms with Gasteiger partial charge in [0.1, 0.15) is 5.84 Å². The third-order valence-corrected chi connectivity index (χ3v) is 6.29. The van der Waals surface area contributed by atoms with E-state index in [1.165, 1.54) is 6.07 Å². The molecule has 3 aromatic rings. The molecule has 0 fully saturated rings. The maximum atomic E-state index is 13.3. The number of nitrogen functional groups attached to an aromatic ring is 1. The van der Waals surface area contributed by atoms with Crippen LogP contribution < -0.4 is 10.9 Å². The number of amidine groups is 1. The van der Waals surface area contributed by atoms with E-state index in [1.54, 1.807) is 29.2 Å². The normalized spacial score (nSPS) is 11.4. The molecule has 0 aromatic heterocycles. The third kappa shape index (κ3) is 6.52. The van der Waals surface area contributed by atoms with Crippen molar-refractivity contribution in [1.29, 1.82) is 5.41 Å². The number of hydrogen-bond donors (Lipinski definition) is 3. The molecule has 0 radical (unpaired) electrons. The van der Waals surface area contributed by atoms with E-state index >= 15 is 0 Å². The minimum Gasteiger partial charge on any atom is -0.384 e. The summed E-state index contributed by atoms with van der Waals surface area (Å²) in [5, 5.41) is 13.2. The van der Waals surface area contributed by atoms with Gasteiger partial charge >= 0.3 is 0 Å². The third-order valence-electron chi connectivity index (χ3n) is 5.34. The quantitative estimate of drug-likeness (QED) is 0.321. The largest absolute Gasteiger partial charge is 0.384 e. The number of nitrogens with one attached hydrogen (secondary N) is 1. The Bertz CT molecular complexity index is 1290. The molecule has 34 heavy (non-hydrogen) atoms. The summed E-state index contributed by atoms with van der Waals surface area (Å²) in [6, 6.07) is 21.3. The van der Waals surface area contributed by atoms with E-state index < -0.39 is 10.0 Å². The summed E-state index contributed by atoms with van der Waals surface area (Å²) >= 11 is 0. The molecule has 178 valence electrons. The summed E-state index contributed by atoms with van der Waals surface area (Å²) in [6.07, 6.45) is 0.0384. The average Bonchev–Trinajstić information content (AvgIpc) is 2.78. The Balaban J connectivity index is 1.89. The van der Waals surface area contributed by atoms with Gasteiger partial charge in [0.15, 0.2) is 0 Å². The molecular weight excluding hydrogens is 448 g/mol. The van der Waals surface area contributed by atoms with Crippen LogP contribution in [0.2, 0.25) is 0 Å². The van der Waals surface area contributed by atoms with Gasteiger partial charge in [-0.05, 0) is 34.7 Å². The first kappa shape index (κ1) is 25.1. The highest BCUT2D eigenvalue weighted by Crippen LogP contribution is 2.28. The lowest BCUT2D eigenvalue weighted by molar-refractivity contribution is -0.131. The van der Waals surface area contributed by atoms with Gasteiger partial charge in [-0.3, -0.25) is 10.2 Å². The molecule has 7 nitrogen and oxygen atoms in total. The first-order valence-electron chi connectivity index (χ1n) is 11.0. The van der Waals surface area contributed by atoms with Crippen molar-refractivity contribution in [1.82, 2.24) is 4.90 Å². The maximum Gasteiger partial charge on any atom is 0.238 e. The number of primary sulfonamides is 1. The van der Waals surface area contributed by atoms with Crippen LogP contribution in [0.4, 0.5) is 0 Å². The van der Waals surface area contributed by atoms with Gasteiger partial charge in [-0.2, -0.15) is 0 Å². The fourth-order valence-electron chi connectivity index (χ4n) is 3.81. The summed E-state index contributed by atoms with van der Waals surface area (Å²) < 4.78 is 24.7. The van der Waals surface area contributed by atoms with Gasteiger partial charge in [-0.1, -0.05) is 74.5 Å². The van der Waals surface area contributed by atoms with Gasteiger partial charge in [0.2, 0.25) is 15.9 Å². The SMILES string of the molecule is CC(C)CN(Cc1cccc(C(=N)N)c1)C(=O)Cc1ccc(-c2ccccc2)c(S(N)(=O)=O)c1. The van der Waals surface area contributed by atoms with Crippen molar-refractivity contribution >= 4 is 21.8 Å². The Morgan fingerprint density at radius 2 is 1.68 bits per heavy atom. The number of benzene rings is 3. The lowest BCUT2D eigenvalue weighted by atomic mass is 10.0. The first-order chi connectivity index (χ1) is 16.0. The molecule has 0 saturated heterocycles. The monoisotopic (exact) mass is 478 g/mol. The van der Waals surface area contributed by atoms with Crippen LogP contribution in [0.25, 0.3) is 11.1 Å². The van der Waals surface area contributed by atoms with Crippen LogP contribution in [0.5, 0.6) is 0 Å². The van der Waals surface area contributed by atoms with Crippen LogP contribution in [-0.2, 0) is 27.8 Å². The Hall–Kier alpha value is -3.49. The zero-order valence-electron chi connectivity index (χ0n) is 19.4. The zero-order valence-corrected chi connectivity index (χ0v) is 20.2. The van der Waals surface area contributed by atoms with Crippen LogP contribution in [0.1, 0.15) is 30.5 Å². The van der Waals surface area contributed by atoms with E-state index in [9.17, 15) is 13.2 Å². The number of nitrogens with zero attached hydrogens (tertiary/aromatic N) is 1. The molecule has 0 saturated carbocycles. The molecule has 1 amide bonds. The van der Waals surface area contributed by atoms with E-state index in [4.69, 9.17) is 16.3 Å². The van der Waals surface area contributed by atoms with Crippen LogP contribution in [0.15, 0.2) is 77.7 Å². The van der Waals surface area contributed by atoms with Crippen LogP contribution in [0, 0.1) is 11.3 Å². The molecule has 0 aliphatic heterocycles. The van der Waals surface area contributed by atoms with Crippen molar-refractivity contribution in [2.75, 3.05) is 6.54 Å². The average molecular weight is 479 g/mol. The van der Waals surface area contributed by atoms with E-state index in [-0.39, 0.29) is 29.0 Å². The molecule has 0 aliphatic carbocycles. The topological polar surface area (TPSA) is 130 Å². The first-order valence-corrected chi connectivity index (χ1v) is 12.5. The molecule has 0 spiro atoms. The molecule has 0 bridgehead atoms. The lowest BCUT2D eigenvalue weighted by Crippen LogP contribution is -2.35. The van der Waals surface area contributed by atoms with Gasteiger partial charge in [0.25, 0.3) is 0 Å². The summed E-state index contributed by atoms with van der Waals surface area (Å²) in [7, 11) is -4.00. The Morgan fingerprint density at radius 1 is 0.971 bits per heavy atom. The van der Waals surface area contributed by atoms with Crippen molar-refractivity contribution in [3.8, 4) is 11.1 Å². The number of nitrogens with two attached hydrogens (primary N) is 2. The molecular formula is C26H30N4O3S. The summed E-state index contributed by atoms with van der Waals surface area (Å²) in [5.74, 6) is 0.0766. The molecule has 3 aromatic carbocycles. The van der Waals surface area contributed by atoms with Crippen LogP contribution in [0.3, 0.4) is 0 Å². The molecule has 0 atom stereocenters. The lowest BCUT2D eigenvalue weighted by Gasteiger charge is -2.25. The number of hydrogen-bond acceptors (Lipinski definition) is 4. The second kappa shape index (κ2) is 10.6. The Kier molecular flexibility index (Phi) is 7.86. The molecule has 8 heteroatoms. The molecule has 5 N–H and O–H groups in total. The smallest absolute Gasteiger partial charge is 0.238 e. The van der Waals surface area contributed by atoms with E-state index in [2.05, 4.69) is 0 Å². The predicted octanol–water partition coefficient (Wildman–Crippen LogP) is 3.51. The molecule has 0 unspecified atom stereocenters. The number of rotatable bonds is 9. The number of carbonyl (C=O) groups excluding carboxylic acids is 1. The molecule has 3 rings (SSSR count). The van der Waals surface area contributed by atoms with E-state index in [0.29, 0.717) is 29.8 Å².